The summed E-state index contributed by atoms with van der Waals surface area (Å²) >= 11 is 0. The number of aromatic nitrogens is 3. The third kappa shape index (κ3) is 4.89. The van der Waals surface area contributed by atoms with Crippen LogP contribution < -0.4 is 0 Å². The largest absolute Gasteiger partial charge is 0.444 e. The quantitative estimate of drug-likeness (QED) is 0.552. The number of H-pyrrole nitrogens is 1. The molecule has 1 fully saturated rings. The van der Waals surface area contributed by atoms with Crippen LogP contribution in [0.15, 0.2) is 42.7 Å². The minimum atomic E-state index is -0.532. The summed E-state index contributed by atoms with van der Waals surface area (Å²) in [4.78, 5) is 27.2. The van der Waals surface area contributed by atoms with E-state index in [1.165, 1.54) is 19.3 Å². The zero-order valence-corrected chi connectivity index (χ0v) is 18.9. The van der Waals surface area contributed by atoms with Gasteiger partial charge in [0.05, 0.1) is 17.1 Å². The molecule has 2 heterocycles. The van der Waals surface area contributed by atoms with Gasteiger partial charge in [-0.05, 0) is 74.9 Å². The van der Waals surface area contributed by atoms with Crippen molar-refractivity contribution in [2.45, 2.75) is 64.5 Å². The molecule has 0 saturated heterocycles. The Hall–Kier alpha value is -2.89. The highest BCUT2D eigenvalue weighted by Crippen LogP contribution is 2.38. The first-order chi connectivity index (χ1) is 14.8. The molecule has 0 spiro atoms. The Bertz CT molecular complexity index is 1030. The van der Waals surface area contributed by atoms with E-state index in [-0.39, 0.29) is 12.1 Å². The lowest BCUT2D eigenvalue weighted by Crippen LogP contribution is -2.40. The van der Waals surface area contributed by atoms with Crippen LogP contribution in [0.4, 0.5) is 4.79 Å². The predicted molar refractivity (Wildman–Crippen MR) is 123 cm³/mol. The van der Waals surface area contributed by atoms with E-state index in [2.05, 4.69) is 22.1 Å². The minimum absolute atomic E-state index is 0.132. The van der Waals surface area contributed by atoms with E-state index >= 15 is 0 Å². The van der Waals surface area contributed by atoms with Crippen LogP contribution >= 0.6 is 0 Å². The number of benzene rings is 1. The maximum absolute atomic E-state index is 12.9. The fraction of sp³-hybridized carbons (Fsp3) is 0.480. The second-order valence-corrected chi connectivity index (χ2v) is 9.52. The number of imidazole rings is 1. The number of hydrogen-bond donors (Lipinski definition) is 1. The maximum atomic E-state index is 12.9. The van der Waals surface area contributed by atoms with Crippen LogP contribution in [-0.2, 0) is 4.74 Å². The van der Waals surface area contributed by atoms with E-state index < -0.39 is 5.60 Å². The zero-order chi connectivity index (χ0) is 22.0. The van der Waals surface area contributed by atoms with Gasteiger partial charge in [0, 0.05) is 19.4 Å². The van der Waals surface area contributed by atoms with Crippen molar-refractivity contribution in [3.8, 4) is 11.1 Å². The lowest BCUT2D eigenvalue weighted by atomic mass is 9.83. The van der Waals surface area contributed by atoms with Gasteiger partial charge in [0.25, 0.3) is 0 Å². The summed E-state index contributed by atoms with van der Waals surface area (Å²) in [5.74, 6) is 1.20. The summed E-state index contributed by atoms with van der Waals surface area (Å²) in [5, 5.41) is 0. The number of carbonyl (C=O) groups excluding carboxylic acids is 1. The SMILES string of the molecule is CN(C(=O)OC(C)(C)C)[C@@H](c1nc2ccc(-c3ccncc3)cc2[nH]1)C1CCCCC1. The van der Waals surface area contributed by atoms with Crippen LogP contribution in [0.3, 0.4) is 0 Å². The second kappa shape index (κ2) is 8.69. The lowest BCUT2D eigenvalue weighted by molar-refractivity contribution is 0.0125. The van der Waals surface area contributed by atoms with Crippen LogP contribution in [0.2, 0.25) is 0 Å². The first kappa shape index (κ1) is 21.3. The summed E-state index contributed by atoms with van der Waals surface area (Å²) in [5.41, 5.74) is 3.58. The summed E-state index contributed by atoms with van der Waals surface area (Å²) in [6.07, 6.45) is 9.12. The Morgan fingerprint density at radius 1 is 1.10 bits per heavy atom. The normalized spacial score (nSPS) is 16.3. The summed E-state index contributed by atoms with van der Waals surface area (Å²) < 4.78 is 5.68. The molecule has 164 valence electrons. The van der Waals surface area contributed by atoms with E-state index in [0.29, 0.717) is 5.92 Å². The average molecular weight is 421 g/mol. The minimum Gasteiger partial charge on any atom is -0.444 e. The Labute approximate surface area is 184 Å². The number of hydrogen-bond acceptors (Lipinski definition) is 4. The van der Waals surface area contributed by atoms with Gasteiger partial charge in [0.15, 0.2) is 0 Å². The molecule has 1 N–H and O–H groups in total. The number of nitrogens with zero attached hydrogens (tertiary/aromatic N) is 3. The fourth-order valence-electron chi connectivity index (χ4n) is 4.51. The first-order valence-electron chi connectivity index (χ1n) is 11.2. The zero-order valence-electron chi connectivity index (χ0n) is 18.9. The molecule has 1 amide bonds. The van der Waals surface area contributed by atoms with Crippen LogP contribution in [0.1, 0.15) is 64.7 Å². The van der Waals surface area contributed by atoms with Crippen molar-refractivity contribution >= 4 is 17.1 Å². The van der Waals surface area contributed by atoms with Crippen molar-refractivity contribution < 1.29 is 9.53 Å². The smallest absolute Gasteiger partial charge is 0.410 e. The summed E-state index contributed by atoms with van der Waals surface area (Å²) in [7, 11) is 1.84. The van der Waals surface area contributed by atoms with Crippen LogP contribution in [0, 0.1) is 5.92 Å². The molecule has 2 aromatic heterocycles. The Morgan fingerprint density at radius 2 is 1.81 bits per heavy atom. The van der Waals surface area contributed by atoms with E-state index in [4.69, 9.17) is 9.72 Å². The van der Waals surface area contributed by atoms with Gasteiger partial charge in [-0.1, -0.05) is 25.3 Å². The number of nitrogens with one attached hydrogen (secondary N) is 1. The van der Waals surface area contributed by atoms with E-state index in [0.717, 1.165) is 40.8 Å². The van der Waals surface area contributed by atoms with Gasteiger partial charge in [-0.15, -0.1) is 0 Å². The van der Waals surface area contributed by atoms with Gasteiger partial charge in [0.2, 0.25) is 0 Å². The Balaban J connectivity index is 1.69. The molecular formula is C25H32N4O2. The molecule has 0 unspecified atom stereocenters. The van der Waals surface area contributed by atoms with Crippen molar-refractivity contribution in [3.05, 3.63) is 48.5 Å². The standard InChI is InChI=1S/C25H32N4O2/c1-25(2,3)31-24(30)29(4)22(18-8-6-5-7-9-18)23-27-20-11-10-19(16-21(20)28-23)17-12-14-26-15-13-17/h10-16,18,22H,5-9H2,1-4H3,(H,27,28)/t22-/m1/s1. The molecule has 1 aliphatic carbocycles. The van der Waals surface area contributed by atoms with E-state index in [9.17, 15) is 4.79 Å². The third-order valence-corrected chi connectivity index (χ3v) is 5.99. The third-order valence-electron chi connectivity index (χ3n) is 5.99. The van der Waals surface area contributed by atoms with E-state index in [1.807, 2.05) is 46.0 Å². The number of aromatic amines is 1. The summed E-state index contributed by atoms with van der Waals surface area (Å²) in [6.45, 7) is 5.70. The molecule has 31 heavy (non-hydrogen) atoms. The monoisotopic (exact) mass is 420 g/mol. The average Bonchev–Trinajstić information content (AvgIpc) is 3.16. The molecular weight excluding hydrogens is 388 g/mol. The number of ether oxygens (including phenoxy) is 1. The van der Waals surface area contributed by atoms with Gasteiger partial charge in [-0.25, -0.2) is 9.78 Å². The molecule has 1 aliphatic rings. The highest BCUT2D eigenvalue weighted by atomic mass is 16.6. The molecule has 1 saturated carbocycles. The summed E-state index contributed by atoms with van der Waals surface area (Å²) in [6, 6.07) is 10.1. The molecule has 6 heteroatoms. The van der Waals surface area contributed by atoms with Gasteiger partial charge < -0.3 is 14.6 Å². The topological polar surface area (TPSA) is 71.1 Å². The number of fused-ring (bicyclic) bond motifs is 1. The number of amides is 1. The van der Waals surface area contributed by atoms with Crippen molar-refractivity contribution in [1.82, 2.24) is 19.9 Å². The fourth-order valence-corrected chi connectivity index (χ4v) is 4.51. The van der Waals surface area contributed by atoms with Crippen molar-refractivity contribution in [2.24, 2.45) is 5.92 Å². The van der Waals surface area contributed by atoms with Crippen molar-refractivity contribution in [1.29, 1.82) is 0 Å². The molecule has 4 rings (SSSR count). The molecule has 0 radical (unpaired) electrons. The first-order valence-corrected chi connectivity index (χ1v) is 11.2. The van der Waals surface area contributed by atoms with Gasteiger partial charge in [-0.2, -0.15) is 0 Å². The van der Waals surface area contributed by atoms with Crippen LogP contribution in [0.25, 0.3) is 22.2 Å². The van der Waals surface area contributed by atoms with Gasteiger partial charge in [0.1, 0.15) is 11.4 Å². The maximum Gasteiger partial charge on any atom is 0.410 e. The predicted octanol–water partition coefficient (Wildman–Crippen LogP) is 6.11. The molecule has 0 aliphatic heterocycles. The highest BCUT2D eigenvalue weighted by Gasteiger charge is 2.35. The molecule has 0 bridgehead atoms. The number of carbonyl (C=O) groups is 1. The Kier molecular flexibility index (Phi) is 5.99. The Morgan fingerprint density at radius 3 is 2.48 bits per heavy atom. The number of pyridine rings is 1. The lowest BCUT2D eigenvalue weighted by Gasteiger charge is -2.36. The van der Waals surface area contributed by atoms with Crippen LogP contribution in [-0.4, -0.2) is 38.6 Å². The number of rotatable bonds is 4. The second-order valence-electron chi connectivity index (χ2n) is 9.52. The van der Waals surface area contributed by atoms with Crippen molar-refractivity contribution in [3.63, 3.8) is 0 Å². The molecule has 1 aromatic carbocycles. The van der Waals surface area contributed by atoms with Crippen LogP contribution in [0.5, 0.6) is 0 Å². The highest BCUT2D eigenvalue weighted by molar-refractivity contribution is 5.82. The van der Waals surface area contributed by atoms with Gasteiger partial charge >= 0.3 is 6.09 Å². The van der Waals surface area contributed by atoms with E-state index in [1.54, 1.807) is 17.3 Å². The molecule has 3 aromatic rings. The van der Waals surface area contributed by atoms with Gasteiger partial charge in [-0.3, -0.25) is 4.98 Å². The molecule has 6 nitrogen and oxygen atoms in total. The van der Waals surface area contributed by atoms with Crippen molar-refractivity contribution in [2.75, 3.05) is 7.05 Å². The molecule has 1 atom stereocenters.